The highest BCUT2D eigenvalue weighted by Gasteiger charge is 2.25. The van der Waals surface area contributed by atoms with Gasteiger partial charge in [0.1, 0.15) is 0 Å². The molecule has 8 nitrogen and oxygen atoms in total. The average Bonchev–Trinajstić information content (AvgIpc) is 3.11. The van der Waals surface area contributed by atoms with E-state index in [9.17, 15) is 4.79 Å². The van der Waals surface area contributed by atoms with Gasteiger partial charge in [-0.2, -0.15) is 4.98 Å². The van der Waals surface area contributed by atoms with E-state index in [0.717, 1.165) is 13.0 Å². The highest BCUT2D eigenvalue weighted by atomic mass is 16.5. The van der Waals surface area contributed by atoms with Crippen LogP contribution in [0.15, 0.2) is 9.52 Å². The van der Waals surface area contributed by atoms with E-state index in [2.05, 4.69) is 25.8 Å². The van der Waals surface area contributed by atoms with E-state index >= 15 is 0 Å². The maximum Gasteiger partial charge on any atom is 0.246 e. The molecule has 1 aliphatic rings. The molecule has 116 valence electrons. The van der Waals surface area contributed by atoms with Gasteiger partial charge < -0.3 is 20.1 Å². The first-order chi connectivity index (χ1) is 10.1. The molecule has 2 heterocycles. The molecule has 1 aromatic heterocycles. The zero-order valence-corrected chi connectivity index (χ0v) is 12.7. The number of aliphatic imine (C=N–C) groups is 1. The van der Waals surface area contributed by atoms with Gasteiger partial charge in [0.15, 0.2) is 11.8 Å². The van der Waals surface area contributed by atoms with E-state index in [1.165, 1.54) is 0 Å². The summed E-state index contributed by atoms with van der Waals surface area (Å²) in [6, 6.07) is 0.219. The standard InChI is InChI=1S/C13H22N6O2/c1-4-12(20)19-6-5-10(8-19)17-13(14-3)15-7-11-16-9(2)18-21-11/h10H,4-8H2,1-3H3,(H2,14,15,17). The molecule has 0 spiro atoms. The van der Waals surface area contributed by atoms with Gasteiger partial charge in [0.2, 0.25) is 11.8 Å². The van der Waals surface area contributed by atoms with E-state index in [1.807, 2.05) is 11.8 Å². The number of carbonyl (C=O) groups is 1. The molecule has 0 aliphatic carbocycles. The summed E-state index contributed by atoms with van der Waals surface area (Å²) in [5.41, 5.74) is 0. The number of nitrogens with one attached hydrogen (secondary N) is 2. The van der Waals surface area contributed by atoms with Crippen LogP contribution in [-0.2, 0) is 11.3 Å². The van der Waals surface area contributed by atoms with E-state index in [1.54, 1.807) is 14.0 Å². The van der Waals surface area contributed by atoms with E-state index in [4.69, 9.17) is 4.52 Å². The van der Waals surface area contributed by atoms with Crippen molar-refractivity contribution in [2.75, 3.05) is 20.1 Å². The Labute approximate surface area is 124 Å². The van der Waals surface area contributed by atoms with Gasteiger partial charge in [0.25, 0.3) is 0 Å². The normalized spacial score (nSPS) is 18.9. The molecular formula is C13H22N6O2. The van der Waals surface area contributed by atoms with E-state index in [-0.39, 0.29) is 11.9 Å². The maximum atomic E-state index is 11.7. The van der Waals surface area contributed by atoms with Crippen molar-refractivity contribution in [3.63, 3.8) is 0 Å². The molecule has 0 saturated carbocycles. The molecule has 1 aromatic rings. The van der Waals surface area contributed by atoms with Crippen molar-refractivity contribution < 1.29 is 9.32 Å². The number of hydrogen-bond acceptors (Lipinski definition) is 5. The van der Waals surface area contributed by atoms with Crippen LogP contribution in [0.3, 0.4) is 0 Å². The lowest BCUT2D eigenvalue weighted by Crippen LogP contribution is -2.44. The van der Waals surface area contributed by atoms with Gasteiger partial charge in [0.05, 0.1) is 6.54 Å². The lowest BCUT2D eigenvalue weighted by Gasteiger charge is -2.18. The predicted octanol–water partition coefficient (Wildman–Crippen LogP) is 0.0539. The molecule has 0 bridgehead atoms. The lowest BCUT2D eigenvalue weighted by atomic mass is 10.3. The molecule has 0 radical (unpaired) electrons. The predicted molar refractivity (Wildman–Crippen MR) is 77.6 cm³/mol. The Morgan fingerprint density at radius 1 is 1.57 bits per heavy atom. The number of amides is 1. The lowest BCUT2D eigenvalue weighted by molar-refractivity contribution is -0.129. The number of aryl methyl sites for hydroxylation is 1. The monoisotopic (exact) mass is 294 g/mol. The largest absolute Gasteiger partial charge is 0.352 e. The minimum atomic E-state index is 0.198. The van der Waals surface area contributed by atoms with Crippen LogP contribution in [0.5, 0.6) is 0 Å². The van der Waals surface area contributed by atoms with Crippen LogP contribution in [0, 0.1) is 6.92 Å². The number of guanidine groups is 1. The third-order valence-electron chi connectivity index (χ3n) is 3.38. The van der Waals surface area contributed by atoms with Crippen LogP contribution in [0.4, 0.5) is 0 Å². The van der Waals surface area contributed by atoms with Crippen LogP contribution in [-0.4, -0.2) is 53.1 Å². The smallest absolute Gasteiger partial charge is 0.246 e. The maximum absolute atomic E-state index is 11.7. The summed E-state index contributed by atoms with van der Waals surface area (Å²) in [6.07, 6.45) is 1.47. The number of carbonyl (C=O) groups excluding carboxylic acids is 1. The summed E-state index contributed by atoms with van der Waals surface area (Å²) in [5.74, 6) is 1.99. The zero-order valence-electron chi connectivity index (χ0n) is 12.7. The van der Waals surface area contributed by atoms with Crippen molar-refractivity contribution in [2.24, 2.45) is 4.99 Å². The highest BCUT2D eigenvalue weighted by molar-refractivity contribution is 5.80. The number of nitrogens with zero attached hydrogens (tertiary/aromatic N) is 4. The molecule has 2 N–H and O–H groups in total. The zero-order chi connectivity index (χ0) is 15.2. The Kier molecular flexibility index (Phi) is 5.13. The molecule has 1 atom stereocenters. The minimum Gasteiger partial charge on any atom is -0.352 e. The summed E-state index contributed by atoms with van der Waals surface area (Å²) in [5, 5.41) is 10.2. The summed E-state index contributed by atoms with van der Waals surface area (Å²) < 4.78 is 5.03. The van der Waals surface area contributed by atoms with Crippen molar-refractivity contribution in [3.05, 3.63) is 11.7 Å². The summed E-state index contributed by atoms with van der Waals surface area (Å²) in [6.45, 7) is 5.59. The van der Waals surface area contributed by atoms with Gasteiger partial charge in [0, 0.05) is 32.6 Å². The Bertz CT molecular complexity index is 513. The Balaban J connectivity index is 1.79. The van der Waals surface area contributed by atoms with Crippen LogP contribution >= 0.6 is 0 Å². The second-order valence-electron chi connectivity index (χ2n) is 4.98. The van der Waals surface area contributed by atoms with Gasteiger partial charge in [-0.15, -0.1) is 0 Å². The average molecular weight is 294 g/mol. The molecule has 1 fully saturated rings. The number of hydrogen-bond donors (Lipinski definition) is 2. The van der Waals surface area contributed by atoms with Gasteiger partial charge in [-0.25, -0.2) is 0 Å². The quantitative estimate of drug-likeness (QED) is 0.602. The fourth-order valence-corrected chi connectivity index (χ4v) is 2.29. The van der Waals surface area contributed by atoms with Crippen LogP contribution in [0.1, 0.15) is 31.5 Å². The molecule has 2 rings (SSSR count). The van der Waals surface area contributed by atoms with Crippen LogP contribution in [0.2, 0.25) is 0 Å². The van der Waals surface area contributed by atoms with Crippen molar-refractivity contribution >= 4 is 11.9 Å². The molecule has 1 amide bonds. The SMILES string of the molecule is CCC(=O)N1CCC(NC(=NC)NCc2nc(C)no2)C1. The molecule has 1 aliphatic heterocycles. The van der Waals surface area contributed by atoms with Crippen LogP contribution in [0.25, 0.3) is 0 Å². The Morgan fingerprint density at radius 3 is 3.00 bits per heavy atom. The number of rotatable bonds is 4. The van der Waals surface area contributed by atoms with E-state index < -0.39 is 0 Å². The third kappa shape index (κ3) is 4.17. The minimum absolute atomic E-state index is 0.198. The first-order valence-corrected chi connectivity index (χ1v) is 7.16. The second-order valence-corrected chi connectivity index (χ2v) is 4.98. The summed E-state index contributed by atoms with van der Waals surface area (Å²) in [7, 11) is 1.71. The van der Waals surface area contributed by atoms with Gasteiger partial charge in [-0.05, 0) is 13.3 Å². The Hall–Kier alpha value is -2.12. The van der Waals surface area contributed by atoms with Gasteiger partial charge in [-0.3, -0.25) is 9.79 Å². The highest BCUT2D eigenvalue weighted by Crippen LogP contribution is 2.10. The van der Waals surface area contributed by atoms with Crippen LogP contribution < -0.4 is 10.6 Å². The topological polar surface area (TPSA) is 95.7 Å². The third-order valence-corrected chi connectivity index (χ3v) is 3.38. The first-order valence-electron chi connectivity index (χ1n) is 7.16. The fourth-order valence-electron chi connectivity index (χ4n) is 2.29. The first kappa shape index (κ1) is 15.3. The van der Waals surface area contributed by atoms with E-state index in [0.29, 0.717) is 37.2 Å². The van der Waals surface area contributed by atoms with Gasteiger partial charge >= 0.3 is 0 Å². The van der Waals surface area contributed by atoms with Crippen molar-refractivity contribution in [3.8, 4) is 0 Å². The van der Waals surface area contributed by atoms with Crippen molar-refractivity contribution in [1.29, 1.82) is 0 Å². The number of likely N-dealkylation sites (tertiary alicyclic amines) is 1. The molecule has 21 heavy (non-hydrogen) atoms. The Morgan fingerprint density at radius 2 is 2.38 bits per heavy atom. The second kappa shape index (κ2) is 7.05. The summed E-state index contributed by atoms with van der Waals surface area (Å²) in [4.78, 5) is 21.8. The fraction of sp³-hybridized carbons (Fsp3) is 0.692. The molecule has 0 aromatic carbocycles. The van der Waals surface area contributed by atoms with Crippen molar-refractivity contribution in [2.45, 2.75) is 39.3 Å². The van der Waals surface area contributed by atoms with Crippen molar-refractivity contribution in [1.82, 2.24) is 25.7 Å². The number of aromatic nitrogens is 2. The summed E-state index contributed by atoms with van der Waals surface area (Å²) >= 11 is 0. The molecule has 1 saturated heterocycles. The molecule has 8 heteroatoms. The molecular weight excluding hydrogens is 272 g/mol. The molecule has 1 unspecified atom stereocenters. The van der Waals surface area contributed by atoms with Gasteiger partial charge in [-0.1, -0.05) is 12.1 Å².